The number of para-hydroxylation sites is 5. The Hall–Kier alpha value is -8.11. The fourth-order valence-corrected chi connectivity index (χ4v) is 9.53. The number of aryl methyl sites for hydroxylation is 1. The molecule has 0 aliphatic carbocycles. The normalized spacial score (nSPS) is 11.2. The largest absolute Gasteiger partial charge is 0.357 e. The van der Waals surface area contributed by atoms with E-state index in [0.29, 0.717) is 0 Å². The van der Waals surface area contributed by atoms with Crippen molar-refractivity contribution in [2.45, 2.75) is 6.92 Å². The predicted octanol–water partition coefficient (Wildman–Crippen LogP) is 15.6. The molecule has 12 aromatic rings. The third-order valence-electron chi connectivity index (χ3n) is 12.6. The van der Waals surface area contributed by atoms with Crippen LogP contribution in [0.5, 0.6) is 0 Å². The maximum atomic E-state index is 5.05. The Labute approximate surface area is 404 Å². The van der Waals surface area contributed by atoms with Crippen LogP contribution in [-0.2, 0) is 21.1 Å². The average molecular weight is 1040 g/mol. The Morgan fingerprint density at radius 3 is 1.76 bits per heavy atom. The van der Waals surface area contributed by atoms with Gasteiger partial charge in [0.2, 0.25) is 0 Å². The minimum Gasteiger partial charge on any atom is -0.357 e. The monoisotopic (exact) mass is 1040 g/mol. The Morgan fingerprint density at radius 1 is 0.463 bits per heavy atom. The van der Waals surface area contributed by atoms with Gasteiger partial charge in [0, 0.05) is 61.7 Å². The second-order valence-corrected chi connectivity index (χ2v) is 16.5. The van der Waals surface area contributed by atoms with Gasteiger partial charge in [0.1, 0.15) is 11.5 Å². The predicted molar refractivity (Wildman–Crippen MR) is 273 cm³/mol. The van der Waals surface area contributed by atoms with Gasteiger partial charge in [-0.25, -0.2) is 9.55 Å². The first-order valence-corrected chi connectivity index (χ1v) is 22.3. The number of imidazole rings is 1. The molecule has 9 aromatic carbocycles. The summed E-state index contributed by atoms with van der Waals surface area (Å²) >= 11 is 0. The summed E-state index contributed by atoms with van der Waals surface area (Å²) in [6, 6.07) is 87.3. The maximum Gasteiger partial charge on any atom is 0.168 e. The van der Waals surface area contributed by atoms with Crippen LogP contribution in [0.15, 0.2) is 237 Å². The van der Waals surface area contributed by atoms with Crippen molar-refractivity contribution in [3.63, 3.8) is 0 Å². The quantitative estimate of drug-likeness (QED) is 0.135. The molecule has 3 aromatic heterocycles. The van der Waals surface area contributed by atoms with Crippen LogP contribution in [0, 0.1) is 19.1 Å². The van der Waals surface area contributed by atoms with Crippen molar-refractivity contribution in [3.8, 4) is 50.6 Å². The zero-order chi connectivity index (χ0) is 44.0. The summed E-state index contributed by atoms with van der Waals surface area (Å²) in [6.45, 7) is 2.16. The summed E-state index contributed by atoms with van der Waals surface area (Å²) in [4.78, 5) is 7.40. The molecule has 0 radical (unpaired) electrons. The van der Waals surface area contributed by atoms with Crippen LogP contribution < -0.4 is 4.90 Å². The second-order valence-electron chi connectivity index (χ2n) is 16.5. The molecule has 0 atom stereocenters. The van der Waals surface area contributed by atoms with Crippen LogP contribution in [0.1, 0.15) is 5.56 Å². The molecule has 322 valence electrons. The van der Waals surface area contributed by atoms with Crippen molar-refractivity contribution in [2.75, 3.05) is 4.90 Å². The molecular weight excluding hydrogens is 998 g/mol. The van der Waals surface area contributed by atoms with E-state index in [-0.39, 0.29) is 21.1 Å². The molecule has 0 unspecified atom stereocenters. The van der Waals surface area contributed by atoms with Gasteiger partial charge in [-0.1, -0.05) is 175 Å². The molecule has 0 spiro atoms. The van der Waals surface area contributed by atoms with Gasteiger partial charge in [0.15, 0.2) is 17.4 Å². The molecule has 0 amide bonds. The SMILES string of the molecule is Cc1ccccc1-c1ccnc(-n2c3[c-]c(N(c4[c-]c(-n5[cH+]n(-c6ccccc6)c6ccccc65)ccc4)c4c(-c5ccccc5)cccc4-c4ccccc4)ccc3c3ccccc32)c1.[Pt]. The second kappa shape index (κ2) is 17.7. The number of pyridine rings is 1. The number of anilines is 3. The average Bonchev–Trinajstić information content (AvgIpc) is 3.94. The molecule has 3 heterocycles. The van der Waals surface area contributed by atoms with E-state index in [9.17, 15) is 0 Å². The van der Waals surface area contributed by atoms with E-state index in [2.05, 4.69) is 268 Å². The zero-order valence-corrected chi connectivity index (χ0v) is 38.8. The molecule has 12 rings (SSSR count). The first-order chi connectivity index (χ1) is 32.7. The molecule has 0 bridgehead atoms. The fraction of sp³-hybridized carbons (Fsp3) is 0.0164. The van der Waals surface area contributed by atoms with Crippen molar-refractivity contribution >= 4 is 49.9 Å². The molecular formula is C61H42N5Pt-. The van der Waals surface area contributed by atoms with Crippen molar-refractivity contribution in [2.24, 2.45) is 0 Å². The smallest absolute Gasteiger partial charge is 0.168 e. The molecule has 0 aliphatic heterocycles. The van der Waals surface area contributed by atoms with Crippen LogP contribution in [-0.4, -0.2) is 18.7 Å². The summed E-state index contributed by atoms with van der Waals surface area (Å²) in [5.74, 6) is 0.830. The number of fused-ring (bicyclic) bond motifs is 4. The third-order valence-corrected chi connectivity index (χ3v) is 12.6. The first kappa shape index (κ1) is 41.6. The van der Waals surface area contributed by atoms with Gasteiger partial charge in [0.05, 0.1) is 5.69 Å². The van der Waals surface area contributed by atoms with Crippen molar-refractivity contribution < 1.29 is 21.1 Å². The van der Waals surface area contributed by atoms with Crippen LogP contribution in [0.3, 0.4) is 0 Å². The van der Waals surface area contributed by atoms with Crippen molar-refractivity contribution in [3.05, 3.63) is 255 Å². The summed E-state index contributed by atoms with van der Waals surface area (Å²) in [5.41, 5.74) is 16.9. The van der Waals surface area contributed by atoms with E-state index in [1.807, 2.05) is 6.20 Å². The van der Waals surface area contributed by atoms with E-state index in [4.69, 9.17) is 4.98 Å². The van der Waals surface area contributed by atoms with Gasteiger partial charge >= 0.3 is 0 Å². The van der Waals surface area contributed by atoms with Crippen LogP contribution in [0.25, 0.3) is 83.4 Å². The number of hydrogen-bond donors (Lipinski definition) is 0. The number of hydrogen-bond acceptors (Lipinski definition) is 2. The fourth-order valence-electron chi connectivity index (χ4n) is 9.53. The third kappa shape index (κ3) is 7.44. The number of rotatable bonds is 9. The van der Waals surface area contributed by atoms with E-state index >= 15 is 0 Å². The molecule has 67 heavy (non-hydrogen) atoms. The van der Waals surface area contributed by atoms with Gasteiger partial charge in [-0.3, -0.25) is 0 Å². The van der Waals surface area contributed by atoms with E-state index in [1.54, 1.807) is 0 Å². The molecule has 6 heteroatoms. The molecule has 0 fully saturated rings. The van der Waals surface area contributed by atoms with Crippen LogP contribution in [0.2, 0.25) is 0 Å². The van der Waals surface area contributed by atoms with E-state index in [1.165, 1.54) is 11.1 Å². The summed E-state index contributed by atoms with van der Waals surface area (Å²) in [7, 11) is 0. The summed E-state index contributed by atoms with van der Waals surface area (Å²) in [5, 5.41) is 2.23. The Balaban J connectivity index is 0.00000494. The molecule has 5 nitrogen and oxygen atoms in total. The van der Waals surface area contributed by atoms with Gasteiger partial charge in [-0.2, -0.15) is 16.7 Å². The van der Waals surface area contributed by atoms with E-state index in [0.717, 1.165) is 94.9 Å². The molecule has 0 saturated carbocycles. The zero-order valence-electron chi connectivity index (χ0n) is 36.6. The summed E-state index contributed by atoms with van der Waals surface area (Å²) in [6.07, 6.45) is 4.09. The Kier molecular flexibility index (Phi) is 11.0. The van der Waals surface area contributed by atoms with Gasteiger partial charge in [-0.05, 0) is 70.5 Å². The van der Waals surface area contributed by atoms with Gasteiger partial charge < -0.3 is 9.47 Å². The Bertz CT molecular complexity index is 3670. The number of nitrogens with zero attached hydrogens (tertiary/aromatic N) is 5. The van der Waals surface area contributed by atoms with E-state index < -0.39 is 0 Å². The molecule has 0 saturated heterocycles. The van der Waals surface area contributed by atoms with Gasteiger partial charge in [-0.15, -0.1) is 29.7 Å². The molecule has 0 aliphatic rings. The minimum atomic E-state index is 0. The van der Waals surface area contributed by atoms with Crippen LogP contribution in [0.4, 0.5) is 17.1 Å². The van der Waals surface area contributed by atoms with Crippen molar-refractivity contribution in [1.82, 2.24) is 18.7 Å². The first-order valence-electron chi connectivity index (χ1n) is 22.3. The topological polar surface area (TPSA) is 30.9 Å². The summed E-state index contributed by atoms with van der Waals surface area (Å²) < 4.78 is 6.75. The molecule has 0 N–H and O–H groups in total. The van der Waals surface area contributed by atoms with Gasteiger partial charge in [0.25, 0.3) is 0 Å². The Morgan fingerprint density at radius 2 is 1.04 bits per heavy atom. The maximum absolute atomic E-state index is 5.05. The van der Waals surface area contributed by atoms with Crippen molar-refractivity contribution in [1.29, 1.82) is 0 Å². The van der Waals surface area contributed by atoms with Crippen LogP contribution >= 0.6 is 0 Å². The number of aromatic nitrogens is 4. The minimum absolute atomic E-state index is 0. The number of benzene rings is 9. The standard InChI is InChI=1S/C61H42N5.Pt/c1-43-19-11-12-28-51(43)46-37-38-62-60(39-46)66-56-32-14-13-29-54(56)55-36-35-50(41-59(55)66)65(61-52(44-20-5-2-6-21-44)30-18-31-53(61)45-22-7-3-8-23-45)49-27-17-26-48(40-49)64-42-63(47-24-9-4-10-25-47)57-33-15-16-34-58(57)64;/h2-39,42H,1H3;/q-1;.